The van der Waals surface area contributed by atoms with Crippen LogP contribution >= 0.6 is 0 Å². The van der Waals surface area contributed by atoms with Gasteiger partial charge in [-0.3, -0.25) is 0 Å². The fraction of sp³-hybridized carbons (Fsp3) is 1.00. The quantitative estimate of drug-likeness (QED) is 0.782. The Labute approximate surface area is 107 Å². The molecule has 0 aromatic heterocycles. The topological polar surface area (TPSA) is 26.0 Å². The van der Waals surface area contributed by atoms with E-state index in [2.05, 4.69) is 20.8 Å². The van der Waals surface area contributed by atoms with Gasteiger partial charge in [0.1, 0.15) is 0 Å². The van der Waals surface area contributed by atoms with Crippen molar-refractivity contribution in [2.75, 3.05) is 0 Å². The van der Waals surface area contributed by atoms with Crippen molar-refractivity contribution in [1.29, 1.82) is 0 Å². The number of rotatable bonds is 3. The lowest BCUT2D eigenvalue weighted by molar-refractivity contribution is -0.121. The molecule has 2 atom stereocenters. The van der Waals surface area contributed by atoms with E-state index in [4.69, 9.17) is 5.73 Å². The summed E-state index contributed by atoms with van der Waals surface area (Å²) in [6, 6.07) is 0. The third-order valence-corrected chi connectivity index (χ3v) is 5.88. The second-order valence-corrected chi connectivity index (χ2v) is 8.48. The lowest BCUT2D eigenvalue weighted by Gasteiger charge is -2.63. The van der Waals surface area contributed by atoms with Crippen LogP contribution in [0, 0.1) is 22.7 Å². The SMILES string of the molecule is CCC12CC3CC(C1)CC(CC(C)(C)N)(C3)C2. The molecular weight excluding hydrogens is 206 g/mol. The van der Waals surface area contributed by atoms with Crippen molar-refractivity contribution in [3.05, 3.63) is 0 Å². The molecule has 0 aromatic rings. The molecule has 4 aliphatic rings. The Bertz CT molecular complexity index is 298. The number of nitrogens with two attached hydrogens (primary N) is 1. The van der Waals surface area contributed by atoms with Gasteiger partial charge in [-0.05, 0) is 81.5 Å². The number of hydrogen-bond acceptors (Lipinski definition) is 1. The molecule has 1 nitrogen and oxygen atoms in total. The molecule has 4 bridgehead atoms. The summed E-state index contributed by atoms with van der Waals surface area (Å²) in [7, 11) is 0. The van der Waals surface area contributed by atoms with Crippen LogP contribution in [0.3, 0.4) is 0 Å². The van der Waals surface area contributed by atoms with Crippen molar-refractivity contribution in [1.82, 2.24) is 0 Å². The molecule has 4 aliphatic carbocycles. The van der Waals surface area contributed by atoms with Crippen LogP contribution in [0.2, 0.25) is 0 Å². The van der Waals surface area contributed by atoms with E-state index >= 15 is 0 Å². The van der Waals surface area contributed by atoms with Crippen molar-refractivity contribution in [2.24, 2.45) is 28.4 Å². The molecule has 0 amide bonds. The first-order chi connectivity index (χ1) is 7.84. The van der Waals surface area contributed by atoms with Crippen LogP contribution in [0.1, 0.15) is 72.1 Å². The van der Waals surface area contributed by atoms with E-state index in [-0.39, 0.29) is 5.54 Å². The van der Waals surface area contributed by atoms with Crippen molar-refractivity contribution in [3.63, 3.8) is 0 Å². The molecule has 0 radical (unpaired) electrons. The highest BCUT2D eigenvalue weighted by Gasteiger charge is 2.57. The summed E-state index contributed by atoms with van der Waals surface area (Å²) in [5.41, 5.74) is 7.71. The number of hydrogen-bond donors (Lipinski definition) is 1. The summed E-state index contributed by atoms with van der Waals surface area (Å²) >= 11 is 0. The maximum absolute atomic E-state index is 6.34. The smallest absolute Gasteiger partial charge is 0.0102 e. The Morgan fingerprint density at radius 2 is 1.59 bits per heavy atom. The normalized spacial score (nSPS) is 48.7. The van der Waals surface area contributed by atoms with Gasteiger partial charge < -0.3 is 5.73 Å². The van der Waals surface area contributed by atoms with E-state index in [1.807, 2.05) is 0 Å². The molecule has 98 valence electrons. The lowest BCUT2D eigenvalue weighted by Crippen LogP contribution is -2.54. The van der Waals surface area contributed by atoms with E-state index in [9.17, 15) is 0 Å². The molecule has 0 aromatic carbocycles. The zero-order valence-corrected chi connectivity index (χ0v) is 11.9. The average molecular weight is 235 g/mol. The predicted octanol–water partition coefficient (Wildman–Crippen LogP) is 4.11. The minimum atomic E-state index is 0.0284. The van der Waals surface area contributed by atoms with Crippen LogP contribution in [0.5, 0.6) is 0 Å². The van der Waals surface area contributed by atoms with Gasteiger partial charge in [0.25, 0.3) is 0 Å². The van der Waals surface area contributed by atoms with E-state index in [1.54, 1.807) is 0 Å². The highest BCUT2D eigenvalue weighted by molar-refractivity contribution is 5.08. The lowest BCUT2D eigenvalue weighted by atomic mass is 9.42. The molecule has 4 fully saturated rings. The molecular formula is C16H29N. The van der Waals surface area contributed by atoms with E-state index in [1.165, 1.54) is 51.4 Å². The van der Waals surface area contributed by atoms with Crippen molar-refractivity contribution in [2.45, 2.75) is 77.7 Å². The largest absolute Gasteiger partial charge is 0.326 e. The summed E-state index contributed by atoms with van der Waals surface area (Å²) in [5.74, 6) is 2.08. The fourth-order valence-corrected chi connectivity index (χ4v) is 6.24. The van der Waals surface area contributed by atoms with Crippen LogP contribution in [-0.2, 0) is 0 Å². The monoisotopic (exact) mass is 235 g/mol. The standard InChI is InChI=1S/C16H29N/c1-4-15-6-12-5-13(7-15)9-16(8-12,11-15)10-14(2,3)17/h12-13H,4-11,17H2,1-3H3. The second kappa shape index (κ2) is 3.50. The van der Waals surface area contributed by atoms with Gasteiger partial charge in [-0.15, -0.1) is 0 Å². The second-order valence-electron chi connectivity index (χ2n) is 8.48. The van der Waals surface area contributed by atoms with Gasteiger partial charge in [0.15, 0.2) is 0 Å². The zero-order valence-electron chi connectivity index (χ0n) is 11.9. The van der Waals surface area contributed by atoms with Crippen LogP contribution in [0.15, 0.2) is 0 Å². The van der Waals surface area contributed by atoms with E-state index in [0.29, 0.717) is 5.41 Å². The minimum Gasteiger partial charge on any atom is -0.326 e. The van der Waals surface area contributed by atoms with Gasteiger partial charge in [-0.2, -0.15) is 0 Å². The Kier molecular flexibility index (Phi) is 2.47. The minimum absolute atomic E-state index is 0.0284. The molecule has 0 heterocycles. The third-order valence-electron chi connectivity index (χ3n) is 5.88. The third kappa shape index (κ3) is 2.05. The first kappa shape index (κ1) is 12.0. The maximum atomic E-state index is 6.34. The Morgan fingerprint density at radius 1 is 1.06 bits per heavy atom. The molecule has 0 spiro atoms. The molecule has 4 rings (SSSR count). The molecule has 1 heteroatoms. The van der Waals surface area contributed by atoms with E-state index in [0.717, 1.165) is 17.3 Å². The van der Waals surface area contributed by atoms with Crippen LogP contribution in [0.4, 0.5) is 0 Å². The molecule has 17 heavy (non-hydrogen) atoms. The Balaban J connectivity index is 1.87. The Hall–Kier alpha value is -0.0400. The summed E-state index contributed by atoms with van der Waals surface area (Å²) in [6.07, 6.45) is 11.7. The van der Waals surface area contributed by atoms with Crippen LogP contribution in [0.25, 0.3) is 0 Å². The van der Waals surface area contributed by atoms with Gasteiger partial charge in [0.2, 0.25) is 0 Å². The zero-order chi connectivity index (χ0) is 12.3. The summed E-state index contributed by atoms with van der Waals surface area (Å²) in [4.78, 5) is 0. The molecule has 0 aliphatic heterocycles. The summed E-state index contributed by atoms with van der Waals surface area (Å²) < 4.78 is 0. The van der Waals surface area contributed by atoms with Crippen LogP contribution in [-0.4, -0.2) is 5.54 Å². The first-order valence-electron chi connectivity index (χ1n) is 7.63. The predicted molar refractivity (Wildman–Crippen MR) is 72.7 cm³/mol. The summed E-state index contributed by atoms with van der Waals surface area (Å²) in [5, 5.41) is 0. The molecule has 2 unspecified atom stereocenters. The molecule has 4 saturated carbocycles. The van der Waals surface area contributed by atoms with Crippen molar-refractivity contribution >= 4 is 0 Å². The summed E-state index contributed by atoms with van der Waals surface area (Å²) in [6.45, 7) is 6.88. The van der Waals surface area contributed by atoms with Gasteiger partial charge in [-0.1, -0.05) is 13.3 Å². The maximum Gasteiger partial charge on any atom is 0.0102 e. The van der Waals surface area contributed by atoms with Gasteiger partial charge >= 0.3 is 0 Å². The van der Waals surface area contributed by atoms with E-state index < -0.39 is 0 Å². The fourth-order valence-electron chi connectivity index (χ4n) is 6.24. The van der Waals surface area contributed by atoms with Crippen LogP contribution < -0.4 is 5.73 Å². The van der Waals surface area contributed by atoms with Gasteiger partial charge in [-0.25, -0.2) is 0 Å². The van der Waals surface area contributed by atoms with Crippen molar-refractivity contribution < 1.29 is 0 Å². The van der Waals surface area contributed by atoms with Crippen molar-refractivity contribution in [3.8, 4) is 0 Å². The van der Waals surface area contributed by atoms with Gasteiger partial charge in [0.05, 0.1) is 0 Å². The highest BCUT2D eigenvalue weighted by atomic mass is 14.7. The Morgan fingerprint density at radius 3 is 2.06 bits per heavy atom. The molecule has 2 N–H and O–H groups in total. The average Bonchev–Trinajstić information content (AvgIpc) is 2.11. The first-order valence-corrected chi connectivity index (χ1v) is 7.63. The van der Waals surface area contributed by atoms with Gasteiger partial charge in [0, 0.05) is 5.54 Å². The highest BCUT2D eigenvalue weighted by Crippen LogP contribution is 2.67. The molecule has 0 saturated heterocycles.